The van der Waals surface area contributed by atoms with Gasteiger partial charge >= 0.3 is 0 Å². The summed E-state index contributed by atoms with van der Waals surface area (Å²) in [7, 11) is 9.75. The molecule has 0 saturated heterocycles. The molecule has 0 amide bonds. The summed E-state index contributed by atoms with van der Waals surface area (Å²) < 4.78 is 0. The van der Waals surface area contributed by atoms with Gasteiger partial charge in [0.2, 0.25) is 0 Å². The fourth-order valence-corrected chi connectivity index (χ4v) is 0. The van der Waals surface area contributed by atoms with Crippen molar-refractivity contribution >= 4 is 0 Å². The summed E-state index contributed by atoms with van der Waals surface area (Å²) in [6, 6.07) is 0. The third-order valence-electron chi connectivity index (χ3n) is 0.500. The van der Waals surface area contributed by atoms with Crippen molar-refractivity contribution in [1.29, 1.82) is 0 Å². The van der Waals surface area contributed by atoms with Crippen LogP contribution in [-0.4, -0.2) is 40.1 Å². The molecular weight excluding hydrogens is 160 g/mol. The van der Waals surface area contributed by atoms with Gasteiger partial charge in [-0.15, -0.1) is 0 Å². The molecule has 1 N–H and O–H groups in total. The van der Waals surface area contributed by atoms with Crippen LogP contribution in [0.4, 0.5) is 0 Å². The second kappa shape index (κ2) is 40.6. The van der Waals surface area contributed by atoms with Crippen molar-refractivity contribution in [3.8, 4) is 0 Å². The van der Waals surface area contributed by atoms with Crippen LogP contribution in [0, 0.1) is 0 Å². The van der Waals surface area contributed by atoms with Crippen molar-refractivity contribution in [2.75, 3.05) is 35.2 Å². The molecule has 0 aromatic heterocycles. The molecule has 13 heavy (non-hydrogen) atoms. The quantitative estimate of drug-likeness (QED) is 0.690. The third-order valence-corrected chi connectivity index (χ3v) is 0.500. The van der Waals surface area contributed by atoms with E-state index in [4.69, 9.17) is 0 Å². The summed E-state index contributed by atoms with van der Waals surface area (Å²) >= 11 is 0. The van der Waals surface area contributed by atoms with Gasteiger partial charge in [-0.25, -0.2) is 0 Å². The molecule has 0 aromatic carbocycles. The monoisotopic (exact) mass is 194 g/mol. The Morgan fingerprint density at radius 1 is 0.846 bits per heavy atom. The van der Waals surface area contributed by atoms with E-state index in [1.807, 2.05) is 40.1 Å². The molecular formula is C11H34N2. The van der Waals surface area contributed by atoms with Crippen LogP contribution in [0.3, 0.4) is 0 Å². The summed E-state index contributed by atoms with van der Waals surface area (Å²) in [6.45, 7) is 4.36. The first kappa shape index (κ1) is 29.3. The number of unbranched alkanes of at least 4 members (excludes halogenated alkanes) is 1. The molecule has 88 valence electrons. The molecule has 0 radical (unpaired) electrons. The molecule has 0 saturated carbocycles. The van der Waals surface area contributed by atoms with E-state index in [0.717, 1.165) is 0 Å². The molecule has 0 aliphatic rings. The van der Waals surface area contributed by atoms with Crippen molar-refractivity contribution < 1.29 is 0 Å². The van der Waals surface area contributed by atoms with Gasteiger partial charge in [0.1, 0.15) is 0 Å². The molecule has 2 heteroatoms. The predicted octanol–water partition coefficient (Wildman–Crippen LogP) is 3.09. The lowest BCUT2D eigenvalue weighted by atomic mass is 10.4. The minimum absolute atomic E-state index is 0. The van der Waals surface area contributed by atoms with Gasteiger partial charge in [0.15, 0.2) is 0 Å². The second-order valence-electron chi connectivity index (χ2n) is 2.84. The predicted molar refractivity (Wildman–Crippen MR) is 68.6 cm³/mol. The third kappa shape index (κ3) is 1390. The lowest BCUT2D eigenvalue weighted by Gasteiger charge is -1.90. The molecule has 0 heterocycles. The fraction of sp³-hybridized carbons (Fsp3) is 1.00. The van der Waals surface area contributed by atoms with Gasteiger partial charge in [-0.1, -0.05) is 41.5 Å². The minimum Gasteiger partial charge on any atom is -0.323 e. The summed E-state index contributed by atoms with van der Waals surface area (Å²) in [5, 5.41) is 2.75. The van der Waals surface area contributed by atoms with Crippen molar-refractivity contribution in [2.24, 2.45) is 0 Å². The Kier molecular flexibility index (Phi) is 91.3. The SMILES string of the molecule is C.C.CCCC.CN(C)C.CNC. The number of hydrogen-bond donors (Lipinski definition) is 1. The van der Waals surface area contributed by atoms with Crippen LogP contribution >= 0.6 is 0 Å². The van der Waals surface area contributed by atoms with Crippen molar-refractivity contribution in [3.63, 3.8) is 0 Å². The van der Waals surface area contributed by atoms with E-state index in [9.17, 15) is 0 Å². The van der Waals surface area contributed by atoms with Gasteiger partial charge in [0.25, 0.3) is 0 Å². The molecule has 0 aliphatic heterocycles. The Bertz CT molecular complexity index is 32.3. The largest absolute Gasteiger partial charge is 0.323 e. The Morgan fingerprint density at radius 2 is 0.923 bits per heavy atom. The first-order chi connectivity index (χ1) is 5.06. The smallest absolute Gasteiger partial charge is 0.0140 e. The van der Waals surface area contributed by atoms with Gasteiger partial charge in [-0.3, -0.25) is 0 Å². The summed E-state index contributed by atoms with van der Waals surface area (Å²) in [6.07, 6.45) is 2.64. The summed E-state index contributed by atoms with van der Waals surface area (Å²) in [5.41, 5.74) is 0. The van der Waals surface area contributed by atoms with Gasteiger partial charge in [0, 0.05) is 0 Å². The van der Waals surface area contributed by atoms with Gasteiger partial charge in [-0.2, -0.15) is 0 Å². The molecule has 0 bridgehead atoms. The lowest BCUT2D eigenvalue weighted by molar-refractivity contribution is 0.505. The fourth-order valence-electron chi connectivity index (χ4n) is 0. The van der Waals surface area contributed by atoms with Gasteiger partial charge < -0.3 is 10.2 Å². The van der Waals surface area contributed by atoms with Crippen LogP contribution < -0.4 is 5.32 Å². The van der Waals surface area contributed by atoms with E-state index in [1.165, 1.54) is 12.8 Å². The zero-order chi connectivity index (χ0) is 9.70. The summed E-state index contributed by atoms with van der Waals surface area (Å²) in [4.78, 5) is 2.00. The first-order valence-electron chi connectivity index (χ1n) is 4.26. The van der Waals surface area contributed by atoms with Crippen LogP contribution in [0.25, 0.3) is 0 Å². The highest BCUT2D eigenvalue weighted by molar-refractivity contribution is 4.12. The number of nitrogens with zero attached hydrogens (tertiary/aromatic N) is 1. The van der Waals surface area contributed by atoms with Crippen LogP contribution in [0.15, 0.2) is 0 Å². The number of nitrogens with one attached hydrogen (secondary N) is 1. The van der Waals surface area contributed by atoms with Crippen LogP contribution in [0.1, 0.15) is 41.5 Å². The Hall–Kier alpha value is -0.0800. The highest BCUT2D eigenvalue weighted by Crippen LogP contribution is 1.76. The highest BCUT2D eigenvalue weighted by atomic mass is 15.0. The van der Waals surface area contributed by atoms with E-state index < -0.39 is 0 Å². The molecule has 0 rings (SSSR count). The normalized spacial score (nSPS) is 6.46. The molecule has 0 unspecified atom stereocenters. The Balaban J connectivity index is -0.0000000231. The molecule has 0 fully saturated rings. The zero-order valence-electron chi connectivity index (χ0n) is 9.36. The van der Waals surface area contributed by atoms with Crippen molar-refractivity contribution in [1.82, 2.24) is 10.2 Å². The minimum atomic E-state index is 0. The van der Waals surface area contributed by atoms with E-state index in [0.29, 0.717) is 0 Å². The molecule has 2 nitrogen and oxygen atoms in total. The molecule has 0 spiro atoms. The van der Waals surface area contributed by atoms with Gasteiger partial charge in [-0.05, 0) is 35.2 Å². The maximum Gasteiger partial charge on any atom is -0.0140 e. The topological polar surface area (TPSA) is 15.3 Å². The molecule has 0 atom stereocenters. The number of hydrogen-bond acceptors (Lipinski definition) is 2. The van der Waals surface area contributed by atoms with Crippen LogP contribution in [0.5, 0.6) is 0 Å². The highest BCUT2D eigenvalue weighted by Gasteiger charge is 1.58. The zero-order valence-corrected chi connectivity index (χ0v) is 9.36. The maximum atomic E-state index is 2.75. The second-order valence-corrected chi connectivity index (χ2v) is 2.84. The molecule has 0 aromatic rings. The Morgan fingerprint density at radius 3 is 0.923 bits per heavy atom. The van der Waals surface area contributed by atoms with Crippen LogP contribution in [0.2, 0.25) is 0 Å². The van der Waals surface area contributed by atoms with Crippen molar-refractivity contribution in [3.05, 3.63) is 0 Å². The number of rotatable bonds is 1. The van der Waals surface area contributed by atoms with E-state index in [1.54, 1.807) is 0 Å². The first-order valence-corrected chi connectivity index (χ1v) is 4.26. The standard InChI is InChI=1S/C4H10.C3H9N.C2H7N.2CH4/c1-3-4-2;1-4(2)3;1-3-2;;/h3-4H2,1-2H3;1-3H3;3H,1-2H3;2*1H4. The van der Waals surface area contributed by atoms with Gasteiger partial charge in [0.05, 0.1) is 0 Å². The average molecular weight is 194 g/mol. The van der Waals surface area contributed by atoms with Crippen LogP contribution in [-0.2, 0) is 0 Å². The lowest BCUT2D eigenvalue weighted by Crippen LogP contribution is -1.99. The van der Waals surface area contributed by atoms with E-state index in [2.05, 4.69) is 19.2 Å². The van der Waals surface area contributed by atoms with E-state index in [-0.39, 0.29) is 14.9 Å². The molecule has 0 aliphatic carbocycles. The summed E-state index contributed by atoms with van der Waals surface area (Å²) in [5.74, 6) is 0. The van der Waals surface area contributed by atoms with Crippen molar-refractivity contribution in [2.45, 2.75) is 41.5 Å². The maximum absolute atomic E-state index is 2.75. The average Bonchev–Trinajstić information content (AvgIpc) is 1.88. The Labute approximate surface area is 87.7 Å². The van der Waals surface area contributed by atoms with E-state index >= 15 is 0 Å².